The number of nitriles is 1. The fourth-order valence-electron chi connectivity index (χ4n) is 3.55. The van der Waals surface area contributed by atoms with Crippen molar-refractivity contribution in [1.29, 1.82) is 5.26 Å². The molecular formula is C15H25N3O. The van der Waals surface area contributed by atoms with Gasteiger partial charge in [-0.1, -0.05) is 0 Å². The van der Waals surface area contributed by atoms with Gasteiger partial charge in [0, 0.05) is 31.1 Å². The Labute approximate surface area is 116 Å². The third-order valence-electron chi connectivity index (χ3n) is 4.47. The molecule has 19 heavy (non-hydrogen) atoms. The van der Waals surface area contributed by atoms with Crippen molar-refractivity contribution >= 4 is 5.91 Å². The lowest BCUT2D eigenvalue weighted by atomic mass is 9.82. The van der Waals surface area contributed by atoms with Gasteiger partial charge in [0.25, 0.3) is 0 Å². The largest absolute Gasteiger partial charge is 0.341 e. The SMILES string of the molecule is CC1CC(C(=O)N2CCC[C@@](C)(C#N)C2)CC(C)N1. The third-order valence-corrected chi connectivity index (χ3v) is 4.47. The molecule has 0 aromatic heterocycles. The highest BCUT2D eigenvalue weighted by Gasteiger charge is 2.37. The van der Waals surface area contributed by atoms with E-state index in [0.717, 1.165) is 32.2 Å². The van der Waals surface area contributed by atoms with Gasteiger partial charge in [-0.2, -0.15) is 5.26 Å². The van der Waals surface area contributed by atoms with E-state index >= 15 is 0 Å². The minimum Gasteiger partial charge on any atom is -0.341 e. The van der Waals surface area contributed by atoms with Crippen LogP contribution < -0.4 is 5.32 Å². The summed E-state index contributed by atoms with van der Waals surface area (Å²) in [7, 11) is 0. The molecule has 2 unspecified atom stereocenters. The average Bonchev–Trinajstić information content (AvgIpc) is 2.37. The van der Waals surface area contributed by atoms with Gasteiger partial charge in [-0.25, -0.2) is 0 Å². The number of hydrogen-bond acceptors (Lipinski definition) is 3. The van der Waals surface area contributed by atoms with Crippen LogP contribution in [0.4, 0.5) is 0 Å². The summed E-state index contributed by atoms with van der Waals surface area (Å²) in [6.45, 7) is 7.69. The summed E-state index contributed by atoms with van der Waals surface area (Å²) >= 11 is 0. The highest BCUT2D eigenvalue weighted by atomic mass is 16.2. The van der Waals surface area contributed by atoms with Crippen LogP contribution in [0.2, 0.25) is 0 Å². The number of piperidine rings is 2. The summed E-state index contributed by atoms with van der Waals surface area (Å²) in [6.07, 6.45) is 3.70. The molecule has 4 nitrogen and oxygen atoms in total. The normalized spacial score (nSPS) is 39.7. The zero-order chi connectivity index (χ0) is 14.0. The lowest BCUT2D eigenvalue weighted by Gasteiger charge is -2.40. The van der Waals surface area contributed by atoms with Crippen LogP contribution in [0.5, 0.6) is 0 Å². The highest BCUT2D eigenvalue weighted by molar-refractivity contribution is 5.79. The number of hydrogen-bond donors (Lipinski definition) is 1. The third kappa shape index (κ3) is 3.27. The maximum Gasteiger partial charge on any atom is 0.225 e. The van der Waals surface area contributed by atoms with Crippen molar-refractivity contribution in [3.8, 4) is 6.07 Å². The second-order valence-corrected chi connectivity index (χ2v) is 6.67. The van der Waals surface area contributed by atoms with Crippen molar-refractivity contribution < 1.29 is 4.79 Å². The predicted molar refractivity (Wildman–Crippen MR) is 74.3 cm³/mol. The molecule has 2 aliphatic heterocycles. The average molecular weight is 263 g/mol. The number of likely N-dealkylation sites (tertiary alicyclic amines) is 1. The maximum atomic E-state index is 12.6. The molecule has 0 saturated carbocycles. The van der Waals surface area contributed by atoms with E-state index in [1.54, 1.807) is 0 Å². The molecule has 0 spiro atoms. The van der Waals surface area contributed by atoms with Crippen LogP contribution in [0, 0.1) is 22.7 Å². The van der Waals surface area contributed by atoms with E-state index in [0.29, 0.717) is 18.6 Å². The Balaban J connectivity index is 2.01. The van der Waals surface area contributed by atoms with Crippen LogP contribution in [0.3, 0.4) is 0 Å². The fourth-order valence-corrected chi connectivity index (χ4v) is 3.55. The highest BCUT2D eigenvalue weighted by Crippen LogP contribution is 2.31. The summed E-state index contributed by atoms with van der Waals surface area (Å²) in [6, 6.07) is 3.19. The van der Waals surface area contributed by atoms with E-state index in [-0.39, 0.29) is 17.2 Å². The summed E-state index contributed by atoms with van der Waals surface area (Å²) in [4.78, 5) is 14.6. The molecule has 0 aromatic carbocycles. The first-order chi connectivity index (χ1) is 8.93. The molecule has 0 aromatic rings. The Hall–Kier alpha value is -1.08. The number of rotatable bonds is 1. The van der Waals surface area contributed by atoms with Crippen molar-refractivity contribution in [2.45, 2.75) is 58.5 Å². The van der Waals surface area contributed by atoms with Gasteiger partial charge in [-0.05, 0) is 46.5 Å². The van der Waals surface area contributed by atoms with Gasteiger partial charge in [0.15, 0.2) is 0 Å². The van der Waals surface area contributed by atoms with Crippen molar-refractivity contribution in [1.82, 2.24) is 10.2 Å². The van der Waals surface area contributed by atoms with Gasteiger partial charge in [0.2, 0.25) is 5.91 Å². The number of amides is 1. The first-order valence-corrected chi connectivity index (χ1v) is 7.39. The van der Waals surface area contributed by atoms with Crippen LogP contribution in [0.1, 0.15) is 46.5 Å². The standard InChI is InChI=1S/C15H25N3O/c1-11-7-13(8-12(2)17-11)14(19)18-6-4-5-15(3,9-16)10-18/h11-13,17H,4-8,10H2,1-3H3/t11?,12?,13?,15-/m0/s1. The topological polar surface area (TPSA) is 56.1 Å². The van der Waals surface area contributed by atoms with Gasteiger partial charge in [-0.15, -0.1) is 0 Å². The monoisotopic (exact) mass is 263 g/mol. The molecule has 2 heterocycles. The Bertz CT molecular complexity index is 379. The van der Waals surface area contributed by atoms with Crippen molar-refractivity contribution in [3.63, 3.8) is 0 Å². The second-order valence-electron chi connectivity index (χ2n) is 6.67. The minimum atomic E-state index is -0.349. The Kier molecular flexibility index (Phi) is 4.15. The van der Waals surface area contributed by atoms with Crippen molar-refractivity contribution in [2.24, 2.45) is 11.3 Å². The number of nitrogens with zero attached hydrogens (tertiary/aromatic N) is 2. The summed E-state index contributed by atoms with van der Waals surface area (Å²) < 4.78 is 0. The van der Waals surface area contributed by atoms with Crippen LogP contribution in [0.15, 0.2) is 0 Å². The Morgan fingerprint density at radius 1 is 1.37 bits per heavy atom. The lowest BCUT2D eigenvalue weighted by Crippen LogP contribution is -2.51. The van der Waals surface area contributed by atoms with Gasteiger partial charge in [0.05, 0.1) is 11.5 Å². The van der Waals surface area contributed by atoms with E-state index < -0.39 is 0 Å². The Morgan fingerprint density at radius 2 is 2.00 bits per heavy atom. The van der Waals surface area contributed by atoms with Crippen molar-refractivity contribution in [2.75, 3.05) is 13.1 Å². The van der Waals surface area contributed by atoms with E-state index in [1.165, 1.54) is 0 Å². The molecule has 2 aliphatic rings. The lowest BCUT2D eigenvalue weighted by molar-refractivity contribution is -0.139. The van der Waals surface area contributed by atoms with Gasteiger partial charge in [0.1, 0.15) is 0 Å². The van der Waals surface area contributed by atoms with E-state index in [9.17, 15) is 10.1 Å². The molecular weight excluding hydrogens is 238 g/mol. The van der Waals surface area contributed by atoms with Crippen LogP contribution in [0.25, 0.3) is 0 Å². The second kappa shape index (κ2) is 5.50. The zero-order valence-corrected chi connectivity index (χ0v) is 12.3. The molecule has 0 aliphatic carbocycles. The quantitative estimate of drug-likeness (QED) is 0.786. The van der Waals surface area contributed by atoms with Gasteiger partial charge >= 0.3 is 0 Å². The maximum absolute atomic E-state index is 12.6. The summed E-state index contributed by atoms with van der Waals surface area (Å²) in [5.41, 5.74) is -0.349. The van der Waals surface area contributed by atoms with Gasteiger partial charge < -0.3 is 10.2 Å². The Morgan fingerprint density at radius 3 is 2.58 bits per heavy atom. The molecule has 3 atom stereocenters. The molecule has 2 fully saturated rings. The predicted octanol–water partition coefficient (Wildman–Crippen LogP) is 1.92. The van der Waals surface area contributed by atoms with Crippen LogP contribution in [-0.4, -0.2) is 36.0 Å². The number of nitrogens with one attached hydrogen (secondary N) is 1. The van der Waals surface area contributed by atoms with E-state index in [1.807, 2.05) is 11.8 Å². The summed E-state index contributed by atoms with van der Waals surface area (Å²) in [5, 5.41) is 12.7. The number of carbonyl (C=O) groups excluding carboxylic acids is 1. The minimum absolute atomic E-state index is 0.132. The fraction of sp³-hybridized carbons (Fsp3) is 0.867. The molecule has 1 N–H and O–H groups in total. The first-order valence-electron chi connectivity index (χ1n) is 7.39. The smallest absolute Gasteiger partial charge is 0.225 e. The molecule has 4 heteroatoms. The van der Waals surface area contributed by atoms with E-state index in [4.69, 9.17) is 0 Å². The molecule has 106 valence electrons. The van der Waals surface area contributed by atoms with E-state index in [2.05, 4.69) is 25.2 Å². The molecule has 1 amide bonds. The first kappa shape index (κ1) is 14.3. The van der Waals surface area contributed by atoms with Crippen molar-refractivity contribution in [3.05, 3.63) is 0 Å². The molecule has 0 radical (unpaired) electrons. The van der Waals surface area contributed by atoms with Crippen LogP contribution >= 0.6 is 0 Å². The zero-order valence-electron chi connectivity index (χ0n) is 12.3. The number of carbonyl (C=O) groups is 1. The van der Waals surface area contributed by atoms with Gasteiger partial charge in [-0.3, -0.25) is 4.79 Å². The molecule has 2 saturated heterocycles. The summed E-state index contributed by atoms with van der Waals surface area (Å²) in [5.74, 6) is 0.397. The molecule has 2 rings (SSSR count). The molecule has 0 bridgehead atoms. The van der Waals surface area contributed by atoms with Crippen LogP contribution in [-0.2, 0) is 4.79 Å².